The van der Waals surface area contributed by atoms with Crippen LogP contribution in [-0.4, -0.2) is 35.8 Å². The monoisotopic (exact) mass is 203 g/mol. The molecule has 0 aromatic heterocycles. The minimum absolute atomic E-state index is 0.0832. The third kappa shape index (κ3) is 6.68. The molecule has 0 aliphatic heterocycles. The van der Waals surface area contributed by atoms with E-state index in [9.17, 15) is 0 Å². The van der Waals surface area contributed by atoms with Crippen molar-refractivity contribution < 1.29 is 10.3 Å². The van der Waals surface area contributed by atoms with Crippen LogP contribution in [0, 0.1) is 5.41 Å². The van der Waals surface area contributed by atoms with Crippen molar-refractivity contribution in [2.75, 3.05) is 19.7 Å². The van der Waals surface area contributed by atoms with Crippen molar-refractivity contribution in [1.82, 2.24) is 5.32 Å². The van der Waals surface area contributed by atoms with Crippen LogP contribution >= 0.6 is 0 Å². The van der Waals surface area contributed by atoms with E-state index in [0.717, 1.165) is 13.0 Å². The standard InChI is InChI=1S/C9H21N3O2/c1-9(2,4-6-13)7-11-5-3-8(10)12-14/h11,13-14H,3-7H2,1-2H3,(H2,10,12). The largest absolute Gasteiger partial charge is 0.409 e. The van der Waals surface area contributed by atoms with Crippen LogP contribution in [0.3, 0.4) is 0 Å². The van der Waals surface area contributed by atoms with Gasteiger partial charge in [-0.3, -0.25) is 0 Å². The van der Waals surface area contributed by atoms with E-state index in [1.54, 1.807) is 0 Å². The molecule has 0 atom stereocenters. The van der Waals surface area contributed by atoms with Crippen LogP contribution in [0.5, 0.6) is 0 Å². The molecular weight excluding hydrogens is 182 g/mol. The maximum atomic E-state index is 8.78. The lowest BCUT2D eigenvalue weighted by Crippen LogP contribution is -2.32. The van der Waals surface area contributed by atoms with Crippen molar-refractivity contribution in [3.05, 3.63) is 0 Å². The fourth-order valence-corrected chi connectivity index (χ4v) is 1.08. The maximum Gasteiger partial charge on any atom is 0.140 e. The van der Waals surface area contributed by atoms with Gasteiger partial charge in [0.1, 0.15) is 5.84 Å². The Morgan fingerprint density at radius 3 is 2.64 bits per heavy atom. The first-order chi connectivity index (χ1) is 6.52. The Bertz CT molecular complexity index is 181. The second-order valence-electron chi connectivity index (χ2n) is 4.16. The highest BCUT2D eigenvalue weighted by Crippen LogP contribution is 2.17. The van der Waals surface area contributed by atoms with Gasteiger partial charge in [-0.1, -0.05) is 19.0 Å². The summed E-state index contributed by atoms with van der Waals surface area (Å²) in [4.78, 5) is 0. The predicted molar refractivity (Wildman–Crippen MR) is 56.4 cm³/mol. The Kier molecular flexibility index (Phi) is 6.23. The van der Waals surface area contributed by atoms with Crippen molar-refractivity contribution in [2.45, 2.75) is 26.7 Å². The lowest BCUT2D eigenvalue weighted by Gasteiger charge is -2.23. The zero-order chi connectivity index (χ0) is 11.0. The Hall–Kier alpha value is -0.810. The van der Waals surface area contributed by atoms with Crippen molar-refractivity contribution in [3.8, 4) is 0 Å². The van der Waals surface area contributed by atoms with Crippen molar-refractivity contribution in [3.63, 3.8) is 0 Å². The third-order valence-corrected chi connectivity index (χ3v) is 2.08. The average Bonchev–Trinajstić information content (AvgIpc) is 2.12. The molecular formula is C9H21N3O2. The van der Waals surface area contributed by atoms with E-state index in [0.29, 0.717) is 13.0 Å². The molecule has 0 fully saturated rings. The molecule has 0 radical (unpaired) electrons. The van der Waals surface area contributed by atoms with E-state index in [-0.39, 0.29) is 17.9 Å². The molecule has 0 rings (SSSR count). The third-order valence-electron chi connectivity index (χ3n) is 2.08. The number of nitrogens with one attached hydrogen (secondary N) is 1. The molecule has 0 heterocycles. The number of hydrogen-bond donors (Lipinski definition) is 4. The van der Waals surface area contributed by atoms with Crippen LogP contribution in [0.15, 0.2) is 5.16 Å². The van der Waals surface area contributed by atoms with Gasteiger partial charge in [-0.05, 0) is 11.8 Å². The smallest absolute Gasteiger partial charge is 0.140 e. The zero-order valence-electron chi connectivity index (χ0n) is 8.95. The van der Waals surface area contributed by atoms with Gasteiger partial charge < -0.3 is 21.4 Å². The van der Waals surface area contributed by atoms with E-state index in [1.165, 1.54) is 0 Å². The van der Waals surface area contributed by atoms with Crippen molar-refractivity contribution in [1.29, 1.82) is 0 Å². The van der Waals surface area contributed by atoms with Gasteiger partial charge in [-0.2, -0.15) is 0 Å². The fraction of sp³-hybridized carbons (Fsp3) is 0.889. The molecule has 84 valence electrons. The minimum Gasteiger partial charge on any atom is -0.409 e. The molecule has 0 aromatic rings. The SMILES string of the molecule is CC(C)(CCO)CNCCC(N)=NO. The fourth-order valence-electron chi connectivity index (χ4n) is 1.08. The molecule has 0 aliphatic rings. The Balaban J connectivity index is 3.53. The van der Waals surface area contributed by atoms with E-state index in [1.807, 2.05) is 0 Å². The first kappa shape index (κ1) is 13.2. The summed E-state index contributed by atoms with van der Waals surface area (Å²) in [5, 5.41) is 23.1. The maximum absolute atomic E-state index is 8.78. The lowest BCUT2D eigenvalue weighted by atomic mass is 9.90. The molecule has 0 bridgehead atoms. The molecule has 0 aromatic carbocycles. The number of oxime groups is 1. The molecule has 5 heteroatoms. The van der Waals surface area contributed by atoms with Gasteiger partial charge in [0, 0.05) is 26.1 Å². The average molecular weight is 203 g/mol. The number of nitrogens with zero attached hydrogens (tertiary/aromatic N) is 1. The van der Waals surface area contributed by atoms with E-state index in [4.69, 9.17) is 16.0 Å². The quantitative estimate of drug-likeness (QED) is 0.155. The number of aliphatic hydroxyl groups is 1. The van der Waals surface area contributed by atoms with Gasteiger partial charge in [0.05, 0.1) is 0 Å². The molecule has 0 saturated heterocycles. The van der Waals surface area contributed by atoms with E-state index < -0.39 is 0 Å². The van der Waals surface area contributed by atoms with Crippen LogP contribution in [0.25, 0.3) is 0 Å². The van der Waals surface area contributed by atoms with Crippen LogP contribution in [0.2, 0.25) is 0 Å². The minimum atomic E-state index is 0.0832. The van der Waals surface area contributed by atoms with Crippen LogP contribution in [0.4, 0.5) is 0 Å². The summed E-state index contributed by atoms with van der Waals surface area (Å²) in [5.41, 5.74) is 5.38. The van der Waals surface area contributed by atoms with Crippen molar-refractivity contribution >= 4 is 5.84 Å². The summed E-state index contributed by atoms with van der Waals surface area (Å²) in [6.45, 7) is 5.87. The Labute approximate surface area is 85.0 Å². The Morgan fingerprint density at radius 1 is 1.50 bits per heavy atom. The normalized spacial score (nSPS) is 13.2. The topological polar surface area (TPSA) is 90.9 Å². The summed E-state index contributed by atoms with van der Waals surface area (Å²) in [6, 6.07) is 0. The molecule has 0 aliphatic carbocycles. The summed E-state index contributed by atoms with van der Waals surface area (Å²) in [7, 11) is 0. The first-order valence-electron chi connectivity index (χ1n) is 4.80. The number of amidine groups is 1. The zero-order valence-corrected chi connectivity index (χ0v) is 8.95. The van der Waals surface area contributed by atoms with Gasteiger partial charge in [-0.15, -0.1) is 0 Å². The summed E-state index contributed by atoms with van der Waals surface area (Å²) in [5.74, 6) is 0.234. The number of rotatable bonds is 7. The van der Waals surface area contributed by atoms with E-state index in [2.05, 4.69) is 24.3 Å². The van der Waals surface area contributed by atoms with E-state index >= 15 is 0 Å². The molecule has 0 amide bonds. The highest BCUT2D eigenvalue weighted by Gasteiger charge is 2.15. The van der Waals surface area contributed by atoms with Crippen LogP contribution in [-0.2, 0) is 0 Å². The second kappa shape index (κ2) is 6.62. The number of nitrogens with two attached hydrogens (primary N) is 1. The molecule has 0 saturated carbocycles. The van der Waals surface area contributed by atoms with Gasteiger partial charge in [-0.25, -0.2) is 0 Å². The van der Waals surface area contributed by atoms with Gasteiger partial charge in [0.2, 0.25) is 0 Å². The van der Waals surface area contributed by atoms with Crippen molar-refractivity contribution in [2.24, 2.45) is 16.3 Å². The summed E-state index contributed by atoms with van der Waals surface area (Å²) < 4.78 is 0. The Morgan fingerprint density at radius 2 is 2.14 bits per heavy atom. The molecule has 5 nitrogen and oxygen atoms in total. The van der Waals surface area contributed by atoms with Crippen LogP contribution in [0.1, 0.15) is 26.7 Å². The number of hydrogen-bond acceptors (Lipinski definition) is 4. The first-order valence-corrected chi connectivity index (χ1v) is 4.80. The van der Waals surface area contributed by atoms with Gasteiger partial charge >= 0.3 is 0 Å². The molecule has 0 spiro atoms. The molecule has 0 unspecified atom stereocenters. The highest BCUT2D eigenvalue weighted by molar-refractivity contribution is 5.79. The number of aliphatic hydroxyl groups excluding tert-OH is 1. The second-order valence-corrected chi connectivity index (χ2v) is 4.16. The van der Waals surface area contributed by atoms with Gasteiger partial charge in [0.15, 0.2) is 0 Å². The predicted octanol–water partition coefficient (Wildman–Crippen LogP) is 0.121. The summed E-state index contributed by atoms with van der Waals surface area (Å²) >= 11 is 0. The molecule has 5 N–H and O–H groups in total. The van der Waals surface area contributed by atoms with Gasteiger partial charge in [0.25, 0.3) is 0 Å². The molecule has 14 heavy (non-hydrogen) atoms. The lowest BCUT2D eigenvalue weighted by molar-refractivity contribution is 0.207. The highest BCUT2D eigenvalue weighted by atomic mass is 16.4. The van der Waals surface area contributed by atoms with Crippen LogP contribution < -0.4 is 11.1 Å². The summed E-state index contributed by atoms with van der Waals surface area (Å²) in [6.07, 6.45) is 1.30.